The summed E-state index contributed by atoms with van der Waals surface area (Å²) in [6, 6.07) is 11.5. The Hall–Kier alpha value is -1.36. The van der Waals surface area contributed by atoms with Crippen LogP contribution in [0.5, 0.6) is 0 Å². The molecule has 1 aliphatic heterocycles. The van der Waals surface area contributed by atoms with Gasteiger partial charge in [0.1, 0.15) is 0 Å². The molecule has 5 heteroatoms. The maximum absolute atomic E-state index is 12.1. The maximum atomic E-state index is 12.1. The van der Waals surface area contributed by atoms with Gasteiger partial charge in [-0.3, -0.25) is 4.79 Å². The minimum atomic E-state index is -0.0317. The van der Waals surface area contributed by atoms with E-state index in [2.05, 4.69) is 5.32 Å². The van der Waals surface area contributed by atoms with Crippen LogP contribution >= 0.6 is 22.9 Å². The van der Waals surface area contributed by atoms with Crippen LogP contribution < -0.4 is 5.32 Å². The van der Waals surface area contributed by atoms with E-state index in [9.17, 15) is 4.79 Å². The van der Waals surface area contributed by atoms with Gasteiger partial charge in [0.25, 0.3) is 5.91 Å². The number of hydrogen-bond donors (Lipinski definition) is 1. The fraction of sp³-hybridized carbons (Fsp3) is 0.312. The van der Waals surface area contributed by atoms with Crippen molar-refractivity contribution in [3.63, 3.8) is 0 Å². The van der Waals surface area contributed by atoms with E-state index in [1.54, 1.807) is 0 Å². The van der Waals surface area contributed by atoms with Crippen molar-refractivity contribution in [3.05, 3.63) is 46.3 Å². The number of rotatable bonds is 4. The highest BCUT2D eigenvalue weighted by molar-refractivity contribution is 7.17. The lowest BCUT2D eigenvalue weighted by Crippen LogP contribution is -2.31. The SMILES string of the molecule is O=C(NCC1CCCO1)c1ccc(-c2ccc(Cl)cc2)s1. The van der Waals surface area contributed by atoms with Gasteiger partial charge in [-0.15, -0.1) is 11.3 Å². The monoisotopic (exact) mass is 321 g/mol. The predicted molar refractivity (Wildman–Crippen MR) is 86.1 cm³/mol. The summed E-state index contributed by atoms with van der Waals surface area (Å²) in [5, 5.41) is 3.65. The summed E-state index contributed by atoms with van der Waals surface area (Å²) in [5.41, 5.74) is 1.07. The van der Waals surface area contributed by atoms with Crippen molar-refractivity contribution in [1.82, 2.24) is 5.32 Å². The van der Waals surface area contributed by atoms with Crippen molar-refractivity contribution < 1.29 is 9.53 Å². The summed E-state index contributed by atoms with van der Waals surface area (Å²) < 4.78 is 5.50. The molecule has 21 heavy (non-hydrogen) atoms. The zero-order valence-electron chi connectivity index (χ0n) is 11.5. The smallest absolute Gasteiger partial charge is 0.261 e. The van der Waals surface area contributed by atoms with Crippen LogP contribution in [0.25, 0.3) is 10.4 Å². The lowest BCUT2D eigenvalue weighted by molar-refractivity contribution is 0.0861. The van der Waals surface area contributed by atoms with Gasteiger partial charge in [-0.05, 0) is 42.7 Å². The van der Waals surface area contributed by atoms with Crippen LogP contribution in [0.1, 0.15) is 22.5 Å². The van der Waals surface area contributed by atoms with E-state index in [-0.39, 0.29) is 12.0 Å². The predicted octanol–water partition coefficient (Wildman–Crippen LogP) is 3.98. The Balaban J connectivity index is 1.63. The highest BCUT2D eigenvalue weighted by Gasteiger charge is 2.17. The molecule has 110 valence electrons. The Morgan fingerprint density at radius 3 is 2.81 bits per heavy atom. The molecule has 1 amide bonds. The van der Waals surface area contributed by atoms with Crippen LogP contribution in [0.15, 0.2) is 36.4 Å². The Kier molecular flexibility index (Phi) is 4.58. The largest absolute Gasteiger partial charge is 0.376 e. The van der Waals surface area contributed by atoms with Crippen LogP contribution in [0, 0.1) is 0 Å². The highest BCUT2D eigenvalue weighted by Crippen LogP contribution is 2.29. The molecule has 0 bridgehead atoms. The molecule has 0 aliphatic carbocycles. The second-order valence-corrected chi connectivity index (χ2v) is 6.54. The molecular formula is C16H16ClNO2S. The van der Waals surface area contributed by atoms with Gasteiger partial charge in [-0.25, -0.2) is 0 Å². The molecule has 3 rings (SSSR count). The molecular weight excluding hydrogens is 306 g/mol. The number of nitrogens with one attached hydrogen (secondary N) is 1. The third-order valence-corrected chi connectivity index (χ3v) is 4.86. The minimum absolute atomic E-state index is 0.0317. The highest BCUT2D eigenvalue weighted by atomic mass is 35.5. The summed E-state index contributed by atoms with van der Waals surface area (Å²) >= 11 is 7.37. The van der Waals surface area contributed by atoms with Crippen molar-refractivity contribution in [2.24, 2.45) is 0 Å². The average Bonchev–Trinajstić information content (AvgIpc) is 3.17. The Morgan fingerprint density at radius 1 is 1.29 bits per heavy atom. The van der Waals surface area contributed by atoms with Crippen molar-refractivity contribution >= 4 is 28.8 Å². The van der Waals surface area contributed by atoms with Crippen molar-refractivity contribution in [1.29, 1.82) is 0 Å². The fourth-order valence-electron chi connectivity index (χ4n) is 2.33. The number of hydrogen-bond acceptors (Lipinski definition) is 3. The molecule has 0 radical (unpaired) electrons. The number of carbonyl (C=O) groups is 1. The second-order valence-electron chi connectivity index (χ2n) is 5.02. The molecule has 1 aromatic heterocycles. The van der Waals surface area contributed by atoms with Crippen LogP contribution in [-0.4, -0.2) is 25.2 Å². The van der Waals surface area contributed by atoms with Crippen molar-refractivity contribution in [2.75, 3.05) is 13.2 Å². The zero-order valence-corrected chi connectivity index (χ0v) is 13.0. The molecule has 1 saturated heterocycles. The molecule has 1 N–H and O–H groups in total. The van der Waals surface area contributed by atoms with Crippen molar-refractivity contribution in [3.8, 4) is 10.4 Å². The standard InChI is InChI=1S/C16H16ClNO2S/c17-12-5-3-11(4-6-12)14-7-8-15(21-14)16(19)18-10-13-2-1-9-20-13/h3-8,13H,1-2,9-10H2,(H,18,19). The van der Waals surface area contributed by atoms with E-state index in [1.807, 2.05) is 36.4 Å². The molecule has 2 heterocycles. The molecule has 0 saturated carbocycles. The molecule has 1 fully saturated rings. The van der Waals surface area contributed by atoms with Gasteiger partial charge >= 0.3 is 0 Å². The van der Waals surface area contributed by atoms with Gasteiger partial charge < -0.3 is 10.1 Å². The normalized spacial score (nSPS) is 17.9. The van der Waals surface area contributed by atoms with Gasteiger partial charge in [0.2, 0.25) is 0 Å². The lowest BCUT2D eigenvalue weighted by atomic mass is 10.2. The molecule has 1 aliphatic rings. The van der Waals surface area contributed by atoms with Gasteiger partial charge in [0, 0.05) is 23.1 Å². The van der Waals surface area contributed by atoms with Gasteiger partial charge in [-0.1, -0.05) is 23.7 Å². The Bertz CT molecular complexity index is 617. The van der Waals surface area contributed by atoms with E-state index < -0.39 is 0 Å². The molecule has 1 aromatic carbocycles. The molecule has 0 spiro atoms. The lowest BCUT2D eigenvalue weighted by Gasteiger charge is -2.09. The van der Waals surface area contributed by atoms with Crippen LogP contribution in [0.2, 0.25) is 5.02 Å². The van der Waals surface area contributed by atoms with Crippen LogP contribution in [-0.2, 0) is 4.74 Å². The first-order chi connectivity index (χ1) is 10.2. The summed E-state index contributed by atoms with van der Waals surface area (Å²) in [4.78, 5) is 13.9. The van der Waals surface area contributed by atoms with E-state index in [0.29, 0.717) is 11.6 Å². The van der Waals surface area contributed by atoms with Crippen molar-refractivity contribution in [2.45, 2.75) is 18.9 Å². The first kappa shape index (κ1) is 14.6. The Labute approximate surface area is 132 Å². The average molecular weight is 322 g/mol. The van der Waals surface area contributed by atoms with E-state index in [1.165, 1.54) is 11.3 Å². The summed E-state index contributed by atoms with van der Waals surface area (Å²) in [7, 11) is 0. The zero-order chi connectivity index (χ0) is 14.7. The number of thiophene rings is 1. The molecule has 1 unspecified atom stereocenters. The van der Waals surface area contributed by atoms with E-state index in [0.717, 1.165) is 34.8 Å². The quantitative estimate of drug-likeness (QED) is 0.925. The maximum Gasteiger partial charge on any atom is 0.261 e. The molecule has 3 nitrogen and oxygen atoms in total. The number of amides is 1. The second kappa shape index (κ2) is 6.60. The third kappa shape index (κ3) is 3.64. The topological polar surface area (TPSA) is 38.3 Å². The number of carbonyl (C=O) groups excluding carboxylic acids is 1. The van der Waals surface area contributed by atoms with E-state index >= 15 is 0 Å². The molecule has 1 atom stereocenters. The van der Waals surface area contributed by atoms with Gasteiger partial charge in [-0.2, -0.15) is 0 Å². The van der Waals surface area contributed by atoms with Gasteiger partial charge in [0.15, 0.2) is 0 Å². The minimum Gasteiger partial charge on any atom is -0.376 e. The Morgan fingerprint density at radius 2 is 2.10 bits per heavy atom. The fourth-order valence-corrected chi connectivity index (χ4v) is 3.38. The summed E-state index contributed by atoms with van der Waals surface area (Å²) in [6.45, 7) is 1.40. The van der Waals surface area contributed by atoms with Crippen LogP contribution in [0.3, 0.4) is 0 Å². The van der Waals surface area contributed by atoms with Crippen LogP contribution in [0.4, 0.5) is 0 Å². The third-order valence-electron chi connectivity index (χ3n) is 3.47. The summed E-state index contributed by atoms with van der Waals surface area (Å²) in [5.74, 6) is -0.0317. The molecule has 2 aromatic rings. The van der Waals surface area contributed by atoms with Gasteiger partial charge in [0.05, 0.1) is 11.0 Å². The number of benzene rings is 1. The summed E-state index contributed by atoms with van der Waals surface area (Å²) in [6.07, 6.45) is 2.28. The van der Waals surface area contributed by atoms with E-state index in [4.69, 9.17) is 16.3 Å². The first-order valence-electron chi connectivity index (χ1n) is 6.98. The number of ether oxygens (including phenoxy) is 1. The number of halogens is 1. The first-order valence-corrected chi connectivity index (χ1v) is 8.17.